The Hall–Kier alpha value is -2.47. The van der Waals surface area contributed by atoms with Crippen LogP contribution in [0.25, 0.3) is 10.2 Å². The zero-order valence-corrected chi connectivity index (χ0v) is 17.3. The number of benzene rings is 1. The van der Waals surface area contributed by atoms with Crippen molar-refractivity contribution < 1.29 is 9.53 Å². The highest BCUT2D eigenvalue weighted by molar-refractivity contribution is 7.18. The molecule has 0 N–H and O–H groups in total. The molecule has 0 radical (unpaired) electrons. The van der Waals surface area contributed by atoms with E-state index in [-0.39, 0.29) is 17.4 Å². The lowest BCUT2D eigenvalue weighted by molar-refractivity contribution is -0.145. The van der Waals surface area contributed by atoms with Gasteiger partial charge in [-0.25, -0.2) is 4.98 Å². The first-order valence-corrected chi connectivity index (χ1v) is 10.6. The molecule has 0 fully saturated rings. The Morgan fingerprint density at radius 1 is 1.29 bits per heavy atom. The fraction of sp³-hybridized carbons (Fsp3) is 0.409. The number of fused-ring (bicyclic) bond motifs is 3. The number of nitrogens with zero attached hydrogens (tertiary/aromatic N) is 2. The third kappa shape index (κ3) is 3.26. The number of thiophene rings is 1. The maximum absolute atomic E-state index is 13.5. The number of aromatic nitrogens is 2. The van der Waals surface area contributed by atoms with Crippen LogP contribution < -0.4 is 5.56 Å². The lowest BCUT2D eigenvalue weighted by Gasteiger charge is -2.21. The molecule has 0 saturated heterocycles. The van der Waals surface area contributed by atoms with Crippen molar-refractivity contribution in [2.45, 2.75) is 52.5 Å². The van der Waals surface area contributed by atoms with Gasteiger partial charge in [-0.2, -0.15) is 0 Å². The molecule has 4 rings (SSSR count). The molecule has 28 heavy (non-hydrogen) atoms. The normalized spacial score (nSPS) is 16.2. The Kier molecular flexibility index (Phi) is 5.06. The summed E-state index contributed by atoms with van der Waals surface area (Å²) >= 11 is 1.55. The predicted octanol–water partition coefficient (Wildman–Crippen LogP) is 4.11. The van der Waals surface area contributed by atoms with E-state index >= 15 is 0 Å². The molecule has 6 heteroatoms. The minimum atomic E-state index is -0.359. The summed E-state index contributed by atoms with van der Waals surface area (Å²) in [7, 11) is 0. The quantitative estimate of drug-likeness (QED) is 0.623. The van der Waals surface area contributed by atoms with Gasteiger partial charge in [0.2, 0.25) is 0 Å². The summed E-state index contributed by atoms with van der Waals surface area (Å²) < 4.78 is 7.01. The van der Waals surface area contributed by atoms with Crippen LogP contribution in [0.1, 0.15) is 53.1 Å². The number of aryl methyl sites for hydroxylation is 3. The van der Waals surface area contributed by atoms with Gasteiger partial charge in [0.05, 0.1) is 24.5 Å². The summed E-state index contributed by atoms with van der Waals surface area (Å²) in [5, 5.41) is 0.607. The molecular formula is C22H24N2O3S. The topological polar surface area (TPSA) is 61.2 Å². The van der Waals surface area contributed by atoms with Crippen molar-refractivity contribution in [1.82, 2.24) is 9.55 Å². The molecule has 3 aromatic rings. The zero-order valence-electron chi connectivity index (χ0n) is 16.4. The van der Waals surface area contributed by atoms with E-state index < -0.39 is 0 Å². The van der Waals surface area contributed by atoms with E-state index in [1.54, 1.807) is 15.9 Å². The highest BCUT2D eigenvalue weighted by Crippen LogP contribution is 2.41. The van der Waals surface area contributed by atoms with Crippen LogP contribution >= 0.6 is 11.3 Å². The van der Waals surface area contributed by atoms with Crippen LogP contribution in [0.15, 0.2) is 29.1 Å². The first-order chi connectivity index (χ1) is 13.5. The van der Waals surface area contributed by atoms with Gasteiger partial charge in [0.1, 0.15) is 10.7 Å². The Balaban J connectivity index is 1.85. The van der Waals surface area contributed by atoms with Crippen molar-refractivity contribution in [3.05, 3.63) is 62.0 Å². The van der Waals surface area contributed by atoms with Crippen LogP contribution in [0.5, 0.6) is 0 Å². The van der Waals surface area contributed by atoms with Gasteiger partial charge in [0.15, 0.2) is 0 Å². The number of carbonyl (C=O) groups excluding carboxylic acids is 1. The van der Waals surface area contributed by atoms with E-state index in [9.17, 15) is 9.59 Å². The SMILES string of the molecule is CCOC(=O)C1CCCc2sc3nc(C)n(Cc4ccc(C)cc4)c(=O)c3c21. The van der Waals surface area contributed by atoms with Crippen molar-refractivity contribution in [1.29, 1.82) is 0 Å². The van der Waals surface area contributed by atoms with Crippen molar-refractivity contribution in [2.24, 2.45) is 0 Å². The van der Waals surface area contributed by atoms with Crippen LogP contribution in [0.3, 0.4) is 0 Å². The molecule has 5 nitrogen and oxygen atoms in total. The number of carbonyl (C=O) groups is 1. The van der Waals surface area contributed by atoms with Gasteiger partial charge in [-0.3, -0.25) is 14.2 Å². The Labute approximate surface area is 168 Å². The second kappa shape index (κ2) is 7.51. The minimum absolute atomic E-state index is 0.0585. The van der Waals surface area contributed by atoms with Gasteiger partial charge in [-0.05, 0) is 51.2 Å². The number of esters is 1. The maximum Gasteiger partial charge on any atom is 0.313 e. The number of rotatable bonds is 4. The first-order valence-electron chi connectivity index (χ1n) is 9.74. The average molecular weight is 397 g/mol. The predicted molar refractivity (Wildman–Crippen MR) is 111 cm³/mol. The Morgan fingerprint density at radius 3 is 2.75 bits per heavy atom. The fourth-order valence-corrected chi connectivity index (χ4v) is 5.27. The molecule has 0 spiro atoms. The number of hydrogen-bond donors (Lipinski definition) is 0. The van der Waals surface area contributed by atoms with Crippen LogP contribution in [-0.4, -0.2) is 22.1 Å². The summed E-state index contributed by atoms with van der Waals surface area (Å²) in [6.07, 6.45) is 2.55. The maximum atomic E-state index is 13.5. The second-order valence-electron chi connectivity index (χ2n) is 7.35. The monoisotopic (exact) mass is 396 g/mol. The molecular weight excluding hydrogens is 372 g/mol. The van der Waals surface area contributed by atoms with Crippen LogP contribution in [-0.2, 0) is 22.5 Å². The minimum Gasteiger partial charge on any atom is -0.466 e. The second-order valence-corrected chi connectivity index (χ2v) is 8.44. The van der Waals surface area contributed by atoms with Gasteiger partial charge in [-0.1, -0.05) is 29.8 Å². The van der Waals surface area contributed by atoms with Crippen LogP contribution in [0, 0.1) is 13.8 Å². The zero-order chi connectivity index (χ0) is 19.8. The van der Waals surface area contributed by atoms with Crippen molar-refractivity contribution in [2.75, 3.05) is 6.61 Å². The highest BCUT2D eigenvalue weighted by Gasteiger charge is 2.33. The third-order valence-electron chi connectivity index (χ3n) is 5.39. The molecule has 1 unspecified atom stereocenters. The molecule has 1 aromatic carbocycles. The van der Waals surface area contributed by atoms with Crippen molar-refractivity contribution in [3.8, 4) is 0 Å². The number of hydrogen-bond acceptors (Lipinski definition) is 5. The average Bonchev–Trinajstić information content (AvgIpc) is 3.05. The van der Waals surface area contributed by atoms with Crippen LogP contribution in [0.2, 0.25) is 0 Å². The summed E-state index contributed by atoms with van der Waals surface area (Å²) in [5.74, 6) is 0.111. The summed E-state index contributed by atoms with van der Waals surface area (Å²) in [4.78, 5) is 32.6. The van der Waals surface area contributed by atoms with Crippen LogP contribution in [0.4, 0.5) is 0 Å². The third-order valence-corrected chi connectivity index (χ3v) is 6.55. The standard InChI is InChI=1S/C22H24N2O3S/c1-4-27-22(26)16-6-5-7-17-18(16)19-20(28-17)23-14(3)24(21(19)25)12-15-10-8-13(2)9-11-15/h8-11,16H,4-7,12H2,1-3H3. The molecule has 1 atom stereocenters. The van der Waals surface area contributed by atoms with Gasteiger partial charge >= 0.3 is 5.97 Å². The van der Waals surface area contributed by atoms with Crippen molar-refractivity contribution in [3.63, 3.8) is 0 Å². The van der Waals surface area contributed by atoms with E-state index in [2.05, 4.69) is 0 Å². The van der Waals surface area contributed by atoms with E-state index in [1.807, 2.05) is 45.0 Å². The molecule has 0 amide bonds. The van der Waals surface area contributed by atoms with Gasteiger partial charge in [0.25, 0.3) is 5.56 Å². The Bertz CT molecular complexity index is 1100. The molecule has 2 heterocycles. The summed E-state index contributed by atoms with van der Waals surface area (Å²) in [6.45, 7) is 6.55. The lowest BCUT2D eigenvalue weighted by atomic mass is 9.86. The van der Waals surface area contributed by atoms with Crippen molar-refractivity contribution >= 4 is 27.5 Å². The highest BCUT2D eigenvalue weighted by atomic mass is 32.1. The molecule has 0 saturated carbocycles. The molecule has 0 aliphatic heterocycles. The van der Waals surface area contributed by atoms with Gasteiger partial charge in [-0.15, -0.1) is 11.3 Å². The first kappa shape index (κ1) is 18.9. The van der Waals surface area contributed by atoms with E-state index in [1.165, 1.54) is 5.56 Å². The lowest BCUT2D eigenvalue weighted by Crippen LogP contribution is -2.27. The fourth-order valence-electron chi connectivity index (χ4n) is 3.96. The van der Waals surface area contributed by atoms with E-state index in [0.29, 0.717) is 24.4 Å². The largest absolute Gasteiger partial charge is 0.466 e. The van der Waals surface area contributed by atoms with Gasteiger partial charge in [0, 0.05) is 4.88 Å². The van der Waals surface area contributed by atoms with Gasteiger partial charge < -0.3 is 4.74 Å². The smallest absolute Gasteiger partial charge is 0.313 e. The van der Waals surface area contributed by atoms with E-state index in [4.69, 9.17) is 9.72 Å². The Morgan fingerprint density at radius 2 is 2.04 bits per heavy atom. The number of ether oxygens (including phenoxy) is 1. The van der Waals surface area contributed by atoms with E-state index in [0.717, 1.165) is 40.1 Å². The molecule has 2 aromatic heterocycles. The molecule has 1 aliphatic rings. The molecule has 1 aliphatic carbocycles. The summed E-state index contributed by atoms with van der Waals surface area (Å²) in [5.41, 5.74) is 3.05. The molecule has 0 bridgehead atoms. The summed E-state index contributed by atoms with van der Waals surface area (Å²) in [6, 6.07) is 8.17. The molecule has 146 valence electrons.